The summed E-state index contributed by atoms with van der Waals surface area (Å²) in [4.78, 5) is 2.23. The molecule has 0 unspecified atom stereocenters. The van der Waals surface area contributed by atoms with Crippen LogP contribution in [-0.4, -0.2) is 39.2 Å². The molecule has 1 fully saturated rings. The molecule has 1 atom stereocenters. The van der Waals surface area contributed by atoms with E-state index in [1.165, 1.54) is 10.5 Å². The van der Waals surface area contributed by atoms with Gasteiger partial charge in [0, 0.05) is 24.2 Å². The fourth-order valence-electron chi connectivity index (χ4n) is 3.08. The van der Waals surface area contributed by atoms with Crippen molar-refractivity contribution in [1.29, 1.82) is 0 Å². The van der Waals surface area contributed by atoms with Crippen LogP contribution in [0.25, 0.3) is 10.8 Å². The average molecular weight is 393 g/mol. The zero-order chi connectivity index (χ0) is 18.3. The van der Waals surface area contributed by atoms with E-state index in [0.29, 0.717) is 31.3 Å². The molecule has 0 spiro atoms. The van der Waals surface area contributed by atoms with Crippen LogP contribution >= 0.6 is 11.3 Å². The molecule has 1 saturated heterocycles. The first kappa shape index (κ1) is 17.4. The van der Waals surface area contributed by atoms with Gasteiger partial charge >= 0.3 is 0 Å². The highest BCUT2D eigenvalue weighted by molar-refractivity contribution is 7.89. The van der Waals surface area contributed by atoms with Crippen molar-refractivity contribution in [3.05, 3.63) is 35.3 Å². The van der Waals surface area contributed by atoms with Gasteiger partial charge in [0.2, 0.25) is 15.9 Å². The van der Waals surface area contributed by atoms with Crippen LogP contribution in [0.15, 0.2) is 33.8 Å². The van der Waals surface area contributed by atoms with Crippen molar-refractivity contribution < 1.29 is 12.8 Å². The molecule has 4 rings (SSSR count). The third kappa shape index (κ3) is 2.97. The maximum absolute atomic E-state index is 13.0. The van der Waals surface area contributed by atoms with Gasteiger partial charge in [-0.3, -0.25) is 4.68 Å². The molecule has 1 aliphatic rings. The van der Waals surface area contributed by atoms with E-state index in [1.54, 1.807) is 22.2 Å². The highest BCUT2D eigenvalue weighted by atomic mass is 32.2. The highest BCUT2D eigenvalue weighted by Gasteiger charge is 2.39. The predicted molar refractivity (Wildman–Crippen MR) is 96.1 cm³/mol. The molecule has 3 aromatic rings. The number of thiophene rings is 1. The molecule has 8 nitrogen and oxygen atoms in total. The summed E-state index contributed by atoms with van der Waals surface area (Å²) in [5, 5.41) is 12.3. The quantitative estimate of drug-likeness (QED) is 0.662. The molecular weight excluding hydrogens is 374 g/mol. The molecule has 138 valence electrons. The second-order valence-corrected chi connectivity index (χ2v) is 9.34. The van der Waals surface area contributed by atoms with Crippen LogP contribution in [0.4, 0.5) is 0 Å². The minimum absolute atomic E-state index is 0.194. The van der Waals surface area contributed by atoms with Gasteiger partial charge in [0.25, 0.3) is 5.89 Å². The molecule has 0 bridgehead atoms. The van der Waals surface area contributed by atoms with E-state index in [4.69, 9.17) is 4.42 Å². The standard InChI is InChI=1S/C16H19N5O3S2/c1-3-20-10-12(9-17-20)26(22,23)21-8-4-5-13(21)15-18-19-16(24-15)14-7-6-11(2)25-14/h6-7,9-10,13H,3-5,8H2,1-2H3/t13-/m1/s1. The van der Waals surface area contributed by atoms with Gasteiger partial charge in [0.1, 0.15) is 10.9 Å². The summed E-state index contributed by atoms with van der Waals surface area (Å²) < 4.78 is 34.9. The van der Waals surface area contributed by atoms with Crippen LogP contribution in [0, 0.1) is 6.92 Å². The van der Waals surface area contributed by atoms with Crippen molar-refractivity contribution in [3.63, 3.8) is 0 Å². The van der Waals surface area contributed by atoms with E-state index in [9.17, 15) is 8.42 Å². The Balaban J connectivity index is 1.63. The fourth-order valence-corrected chi connectivity index (χ4v) is 5.47. The summed E-state index contributed by atoms with van der Waals surface area (Å²) in [5.41, 5.74) is 0. The number of hydrogen-bond donors (Lipinski definition) is 0. The lowest BCUT2D eigenvalue weighted by Gasteiger charge is -2.20. The number of nitrogens with zero attached hydrogens (tertiary/aromatic N) is 5. The lowest BCUT2D eigenvalue weighted by Crippen LogP contribution is -2.30. The van der Waals surface area contributed by atoms with Gasteiger partial charge in [-0.25, -0.2) is 8.42 Å². The molecule has 0 aliphatic carbocycles. The Morgan fingerprint density at radius 2 is 2.19 bits per heavy atom. The van der Waals surface area contributed by atoms with Gasteiger partial charge in [-0.15, -0.1) is 21.5 Å². The van der Waals surface area contributed by atoms with Crippen LogP contribution in [-0.2, 0) is 16.6 Å². The molecule has 4 heterocycles. The Morgan fingerprint density at radius 3 is 2.88 bits per heavy atom. The van der Waals surface area contributed by atoms with Gasteiger partial charge in [-0.2, -0.15) is 9.40 Å². The Bertz CT molecular complexity index is 1020. The van der Waals surface area contributed by atoms with Gasteiger partial charge < -0.3 is 4.42 Å². The molecule has 26 heavy (non-hydrogen) atoms. The van der Waals surface area contributed by atoms with E-state index >= 15 is 0 Å². The zero-order valence-electron chi connectivity index (χ0n) is 14.5. The topological polar surface area (TPSA) is 94.1 Å². The molecule has 0 radical (unpaired) electrons. The van der Waals surface area contributed by atoms with Gasteiger partial charge in [0.05, 0.1) is 11.1 Å². The summed E-state index contributed by atoms with van der Waals surface area (Å²) in [7, 11) is -3.65. The minimum atomic E-state index is -3.65. The van der Waals surface area contributed by atoms with Crippen molar-refractivity contribution in [2.45, 2.75) is 44.2 Å². The van der Waals surface area contributed by atoms with Crippen LogP contribution in [0.2, 0.25) is 0 Å². The first-order valence-corrected chi connectivity index (χ1v) is 10.7. The summed E-state index contributed by atoms with van der Waals surface area (Å²) >= 11 is 1.57. The number of sulfonamides is 1. The summed E-state index contributed by atoms with van der Waals surface area (Å²) in [5.74, 6) is 0.774. The first-order valence-electron chi connectivity index (χ1n) is 8.43. The van der Waals surface area contributed by atoms with E-state index in [0.717, 1.165) is 16.2 Å². The molecule has 3 aromatic heterocycles. The molecule has 0 aromatic carbocycles. The summed E-state index contributed by atoms with van der Waals surface area (Å²) in [6, 6.07) is 3.48. The van der Waals surface area contributed by atoms with Gasteiger partial charge in [-0.1, -0.05) is 0 Å². The van der Waals surface area contributed by atoms with Crippen LogP contribution in [0.5, 0.6) is 0 Å². The second kappa shape index (κ2) is 6.60. The molecule has 1 aliphatic heterocycles. The Kier molecular flexibility index (Phi) is 4.41. The van der Waals surface area contributed by atoms with E-state index in [2.05, 4.69) is 15.3 Å². The van der Waals surface area contributed by atoms with Gasteiger partial charge in [0.15, 0.2) is 0 Å². The maximum atomic E-state index is 13.0. The van der Waals surface area contributed by atoms with E-state index in [-0.39, 0.29) is 4.90 Å². The van der Waals surface area contributed by atoms with Crippen molar-refractivity contribution in [2.24, 2.45) is 0 Å². The third-order valence-electron chi connectivity index (χ3n) is 4.42. The highest BCUT2D eigenvalue weighted by Crippen LogP contribution is 2.37. The maximum Gasteiger partial charge on any atom is 0.257 e. The molecule has 0 saturated carbocycles. The van der Waals surface area contributed by atoms with Crippen molar-refractivity contribution >= 4 is 21.4 Å². The van der Waals surface area contributed by atoms with E-state index < -0.39 is 16.1 Å². The molecular formula is C16H19N5O3S2. The fraction of sp³-hybridized carbons (Fsp3) is 0.438. The van der Waals surface area contributed by atoms with E-state index in [1.807, 2.05) is 26.0 Å². The molecule has 0 N–H and O–H groups in total. The SMILES string of the molecule is CCn1cc(S(=O)(=O)N2CCC[C@@H]2c2nnc(-c3ccc(C)s3)o2)cn1. The smallest absolute Gasteiger partial charge is 0.257 e. The van der Waals surface area contributed by atoms with Crippen molar-refractivity contribution in [1.82, 2.24) is 24.3 Å². The monoisotopic (exact) mass is 393 g/mol. The zero-order valence-corrected chi connectivity index (χ0v) is 16.1. The molecule has 10 heteroatoms. The van der Waals surface area contributed by atoms with Crippen LogP contribution in [0.3, 0.4) is 0 Å². The lowest BCUT2D eigenvalue weighted by atomic mass is 10.2. The Hall–Kier alpha value is -2.04. The average Bonchev–Trinajstić information content (AvgIpc) is 3.38. The van der Waals surface area contributed by atoms with Crippen molar-refractivity contribution in [2.75, 3.05) is 6.54 Å². The lowest BCUT2D eigenvalue weighted by molar-refractivity contribution is 0.332. The number of hydrogen-bond acceptors (Lipinski definition) is 7. The minimum Gasteiger partial charge on any atom is -0.418 e. The Labute approximate surface area is 155 Å². The van der Waals surface area contributed by atoms with Crippen molar-refractivity contribution in [3.8, 4) is 10.8 Å². The summed E-state index contributed by atoms with van der Waals surface area (Å²) in [6.07, 6.45) is 4.36. The molecule has 0 amide bonds. The van der Waals surface area contributed by atoms with Gasteiger partial charge in [-0.05, 0) is 38.8 Å². The second-order valence-electron chi connectivity index (χ2n) is 6.16. The third-order valence-corrected chi connectivity index (χ3v) is 7.27. The number of aromatic nitrogens is 4. The summed E-state index contributed by atoms with van der Waals surface area (Å²) in [6.45, 7) is 4.97. The number of rotatable bonds is 5. The largest absolute Gasteiger partial charge is 0.418 e. The normalized spacial score (nSPS) is 18.6. The van der Waals surface area contributed by atoms with Crippen LogP contribution in [0.1, 0.15) is 36.6 Å². The predicted octanol–water partition coefficient (Wildman–Crippen LogP) is 2.85. The van der Waals surface area contributed by atoms with Crippen LogP contribution < -0.4 is 0 Å². The Morgan fingerprint density at radius 1 is 1.35 bits per heavy atom. The first-order chi connectivity index (χ1) is 12.5. The number of aryl methyl sites for hydroxylation is 2.